The van der Waals surface area contributed by atoms with Crippen LogP contribution in [0.25, 0.3) is 16.8 Å². The molecule has 194 valence electrons. The van der Waals surface area contributed by atoms with Crippen molar-refractivity contribution in [1.82, 2.24) is 5.32 Å². The van der Waals surface area contributed by atoms with E-state index in [0.29, 0.717) is 23.4 Å². The van der Waals surface area contributed by atoms with Crippen LogP contribution in [0.4, 0.5) is 5.69 Å². The van der Waals surface area contributed by atoms with E-state index in [0.717, 1.165) is 16.3 Å². The summed E-state index contributed by atoms with van der Waals surface area (Å²) in [6.45, 7) is 3.52. The van der Waals surface area contributed by atoms with Gasteiger partial charge in [-0.1, -0.05) is 60.7 Å². The number of dihydropyridines is 1. The molecule has 0 fully saturated rings. The lowest BCUT2D eigenvalue weighted by atomic mass is 9.80. The van der Waals surface area contributed by atoms with Crippen molar-refractivity contribution in [3.8, 4) is 0 Å². The number of hydrogen-bond acceptors (Lipinski definition) is 7. The molecule has 1 aliphatic rings. The molecule has 0 amide bonds. The van der Waals surface area contributed by atoms with Crippen LogP contribution in [0, 0.1) is 10.1 Å². The van der Waals surface area contributed by atoms with Crippen LogP contribution in [0.15, 0.2) is 95.3 Å². The number of nitrogens with one attached hydrogen (secondary N) is 1. The predicted molar refractivity (Wildman–Crippen MR) is 145 cm³/mol. The highest BCUT2D eigenvalue weighted by atomic mass is 16.6. The average Bonchev–Trinajstić information content (AvgIpc) is 2.91. The number of benzene rings is 3. The molecule has 1 heterocycles. The van der Waals surface area contributed by atoms with E-state index in [2.05, 4.69) is 29.6 Å². The summed E-state index contributed by atoms with van der Waals surface area (Å²) in [5.74, 6) is -2.13. The number of nitrogens with zero attached hydrogens (tertiary/aromatic N) is 1. The summed E-state index contributed by atoms with van der Waals surface area (Å²) in [5, 5.41) is 16.8. The monoisotopic (exact) mass is 512 g/mol. The Balaban J connectivity index is 1.53. The minimum Gasteiger partial charge on any atom is -0.466 e. The molecular weight excluding hydrogens is 484 g/mol. The molecule has 8 nitrogen and oxygen atoms in total. The Morgan fingerprint density at radius 1 is 0.947 bits per heavy atom. The number of hydrogen-bond donors (Lipinski definition) is 1. The number of fused-ring (bicyclic) bond motifs is 1. The minimum absolute atomic E-state index is 0.123. The maximum absolute atomic E-state index is 13.3. The molecule has 0 radical (unpaired) electrons. The number of esters is 2. The Labute approximate surface area is 220 Å². The van der Waals surface area contributed by atoms with Gasteiger partial charge in [-0.2, -0.15) is 0 Å². The van der Waals surface area contributed by atoms with Gasteiger partial charge in [0, 0.05) is 23.5 Å². The van der Waals surface area contributed by atoms with E-state index in [1.54, 1.807) is 19.9 Å². The smallest absolute Gasteiger partial charge is 0.336 e. The lowest BCUT2D eigenvalue weighted by Crippen LogP contribution is -2.32. The van der Waals surface area contributed by atoms with Gasteiger partial charge in [-0.25, -0.2) is 9.59 Å². The molecule has 1 aliphatic heterocycles. The molecule has 1 N–H and O–H groups in total. The zero-order chi connectivity index (χ0) is 27.2. The summed E-state index contributed by atoms with van der Waals surface area (Å²) in [5.41, 5.74) is 2.72. The molecule has 0 bridgehead atoms. The van der Waals surface area contributed by atoms with Gasteiger partial charge in [0.25, 0.3) is 5.69 Å². The first kappa shape index (κ1) is 26.3. The van der Waals surface area contributed by atoms with E-state index in [1.807, 2.05) is 30.4 Å². The number of rotatable bonds is 8. The van der Waals surface area contributed by atoms with Crippen LogP contribution in [0.2, 0.25) is 0 Å². The van der Waals surface area contributed by atoms with Crippen LogP contribution in [0.5, 0.6) is 0 Å². The topological polar surface area (TPSA) is 108 Å². The van der Waals surface area contributed by atoms with E-state index in [9.17, 15) is 19.7 Å². The van der Waals surface area contributed by atoms with Crippen molar-refractivity contribution in [2.45, 2.75) is 26.2 Å². The van der Waals surface area contributed by atoms with Gasteiger partial charge < -0.3 is 14.8 Å². The lowest BCUT2D eigenvalue weighted by molar-refractivity contribution is -0.384. The lowest BCUT2D eigenvalue weighted by Gasteiger charge is -2.30. The Bertz CT molecular complexity index is 1500. The summed E-state index contributed by atoms with van der Waals surface area (Å²) in [7, 11) is 1.25. The van der Waals surface area contributed by atoms with Crippen molar-refractivity contribution in [1.29, 1.82) is 0 Å². The van der Waals surface area contributed by atoms with Crippen LogP contribution >= 0.6 is 0 Å². The van der Waals surface area contributed by atoms with Gasteiger partial charge in [-0.15, -0.1) is 0 Å². The van der Waals surface area contributed by atoms with Crippen molar-refractivity contribution >= 4 is 34.5 Å². The molecule has 0 aliphatic carbocycles. The maximum atomic E-state index is 13.3. The molecule has 0 saturated heterocycles. The third-order valence-corrected chi connectivity index (χ3v) is 6.40. The van der Waals surface area contributed by atoms with E-state index >= 15 is 0 Å². The highest BCUT2D eigenvalue weighted by Crippen LogP contribution is 2.40. The molecule has 3 aromatic rings. The van der Waals surface area contributed by atoms with Gasteiger partial charge in [0.15, 0.2) is 0 Å². The largest absolute Gasteiger partial charge is 0.466 e. The molecule has 8 heteroatoms. The number of ether oxygens (including phenoxy) is 2. The van der Waals surface area contributed by atoms with Gasteiger partial charge in [-0.05, 0) is 48.2 Å². The fourth-order valence-electron chi connectivity index (χ4n) is 4.62. The van der Waals surface area contributed by atoms with Crippen molar-refractivity contribution in [3.63, 3.8) is 0 Å². The van der Waals surface area contributed by atoms with Crippen LogP contribution < -0.4 is 5.32 Å². The quantitative estimate of drug-likeness (QED) is 0.176. The second-order valence-corrected chi connectivity index (χ2v) is 8.91. The number of nitro groups is 1. The number of allylic oxidation sites excluding steroid dienone is 2. The molecule has 3 aromatic carbocycles. The van der Waals surface area contributed by atoms with Crippen molar-refractivity contribution in [2.24, 2.45) is 0 Å². The molecule has 0 aromatic heterocycles. The molecule has 4 rings (SSSR count). The highest BCUT2D eigenvalue weighted by Gasteiger charge is 2.38. The zero-order valence-electron chi connectivity index (χ0n) is 21.4. The van der Waals surface area contributed by atoms with Crippen LogP contribution in [-0.4, -0.2) is 30.6 Å². The highest BCUT2D eigenvalue weighted by molar-refractivity contribution is 6.00. The van der Waals surface area contributed by atoms with Gasteiger partial charge in [0.2, 0.25) is 0 Å². The number of carbonyl (C=O) groups is 2. The Kier molecular flexibility index (Phi) is 8.01. The third kappa shape index (κ3) is 5.64. The van der Waals surface area contributed by atoms with Crippen molar-refractivity contribution in [3.05, 3.63) is 117 Å². The molecule has 1 atom stereocenters. The van der Waals surface area contributed by atoms with E-state index < -0.39 is 22.8 Å². The van der Waals surface area contributed by atoms with Crippen LogP contribution in [0.1, 0.15) is 37.3 Å². The van der Waals surface area contributed by atoms with Gasteiger partial charge >= 0.3 is 11.9 Å². The Hall–Kier alpha value is -4.72. The summed E-state index contributed by atoms with van der Waals surface area (Å²) in [6, 6.07) is 20.2. The molecule has 0 spiro atoms. The summed E-state index contributed by atoms with van der Waals surface area (Å²) in [6.07, 6.45) is 4.39. The number of nitro benzene ring substituents is 1. The zero-order valence-corrected chi connectivity index (χ0v) is 21.4. The predicted octanol–water partition coefficient (Wildman–Crippen LogP) is 5.80. The van der Waals surface area contributed by atoms with Crippen molar-refractivity contribution < 1.29 is 24.0 Å². The Morgan fingerprint density at radius 3 is 2.37 bits per heavy atom. The van der Waals surface area contributed by atoms with Crippen LogP contribution in [-0.2, 0) is 19.1 Å². The second-order valence-electron chi connectivity index (χ2n) is 8.91. The van der Waals surface area contributed by atoms with E-state index in [4.69, 9.17) is 9.47 Å². The summed E-state index contributed by atoms with van der Waals surface area (Å²) in [4.78, 5) is 36.9. The first-order chi connectivity index (χ1) is 18.3. The maximum Gasteiger partial charge on any atom is 0.336 e. The Morgan fingerprint density at radius 2 is 1.66 bits per heavy atom. The number of methoxy groups -OCH3 is 1. The molecule has 1 unspecified atom stereocenters. The van der Waals surface area contributed by atoms with Crippen molar-refractivity contribution in [2.75, 3.05) is 13.7 Å². The van der Waals surface area contributed by atoms with E-state index in [-0.39, 0.29) is 23.4 Å². The third-order valence-electron chi connectivity index (χ3n) is 6.40. The average molecular weight is 513 g/mol. The first-order valence-corrected chi connectivity index (χ1v) is 12.1. The number of non-ortho nitro benzene ring substituents is 1. The van der Waals surface area contributed by atoms with E-state index in [1.165, 1.54) is 25.3 Å². The molecule has 38 heavy (non-hydrogen) atoms. The first-order valence-electron chi connectivity index (χ1n) is 12.1. The number of carbonyl (C=O) groups excluding carboxylic acids is 2. The summed E-state index contributed by atoms with van der Waals surface area (Å²) < 4.78 is 10.6. The SMILES string of the molecule is COC(=O)C1=C(C)NC(C)=C(C(=O)OCCC=Cc2ccc3ccccc3c2)C1c1cccc([N+](=O)[O-])c1. The molecule has 0 saturated carbocycles. The van der Waals surface area contributed by atoms with Gasteiger partial charge in [-0.3, -0.25) is 10.1 Å². The fourth-order valence-corrected chi connectivity index (χ4v) is 4.62. The minimum atomic E-state index is -0.885. The molecular formula is C30H28N2O6. The van der Waals surface area contributed by atoms with Gasteiger partial charge in [0.05, 0.1) is 35.7 Å². The fraction of sp³-hybridized carbons (Fsp3) is 0.200. The standard InChI is InChI=1S/C30H28N2O6/c1-19-26(29(33)37-3)28(24-12-8-13-25(18-24)32(35)36)27(20(2)31-19)30(34)38-16-7-6-9-21-14-15-22-10-4-5-11-23(22)17-21/h4-6,8-15,17-18,28,31H,7,16H2,1-3H3. The van der Waals surface area contributed by atoms with Gasteiger partial charge in [0.1, 0.15) is 0 Å². The van der Waals surface area contributed by atoms with Crippen LogP contribution in [0.3, 0.4) is 0 Å². The summed E-state index contributed by atoms with van der Waals surface area (Å²) >= 11 is 0. The normalized spacial score (nSPS) is 15.5. The second kappa shape index (κ2) is 11.6.